The van der Waals surface area contributed by atoms with Crippen molar-refractivity contribution in [3.05, 3.63) is 81.2 Å². The molecule has 0 radical (unpaired) electrons. The first-order valence-electron chi connectivity index (χ1n) is 6.33. The van der Waals surface area contributed by atoms with Crippen LogP contribution in [0.15, 0.2) is 60.0 Å². The third-order valence-corrected chi connectivity index (χ3v) is 4.53. The van der Waals surface area contributed by atoms with Crippen molar-refractivity contribution in [3.63, 3.8) is 0 Å². The minimum absolute atomic E-state index is 0.254. The summed E-state index contributed by atoms with van der Waals surface area (Å²) < 4.78 is 29.0. The Morgan fingerprint density at radius 3 is 1.82 bits per heavy atom. The molecule has 2 aromatic carbocycles. The monoisotopic (exact) mass is 352 g/mol. The zero-order chi connectivity index (χ0) is 15.7. The lowest BCUT2D eigenvalue weighted by Crippen LogP contribution is -2.07. The molecule has 0 atom stereocenters. The summed E-state index contributed by atoms with van der Waals surface area (Å²) in [5.74, 6) is 0.254. The predicted octanol–water partition coefficient (Wildman–Crippen LogP) is 4.74. The fourth-order valence-electron chi connectivity index (χ4n) is 2.04. The molecule has 3 rings (SSSR count). The summed E-state index contributed by atoms with van der Waals surface area (Å²) in [6.07, 6.45) is 1.67. The first-order valence-corrected chi connectivity index (χ1v) is 8.55. The van der Waals surface area contributed by atoms with E-state index < -0.39 is 10.1 Å². The van der Waals surface area contributed by atoms with Crippen LogP contribution in [0.5, 0.6) is 0 Å². The highest BCUT2D eigenvalue weighted by Crippen LogP contribution is 2.31. The van der Waals surface area contributed by atoms with E-state index in [-0.39, 0.29) is 5.76 Å². The minimum atomic E-state index is -3.79. The maximum absolute atomic E-state index is 12.0. The van der Waals surface area contributed by atoms with Crippen molar-refractivity contribution in [2.24, 2.45) is 0 Å². The van der Waals surface area contributed by atoms with E-state index in [9.17, 15) is 8.42 Å². The molecule has 0 saturated carbocycles. The van der Waals surface area contributed by atoms with Crippen molar-refractivity contribution in [1.82, 2.24) is 0 Å². The van der Waals surface area contributed by atoms with Gasteiger partial charge in [0.05, 0.1) is 5.41 Å². The van der Waals surface area contributed by atoms with Crippen LogP contribution in [0, 0.1) is 0 Å². The van der Waals surface area contributed by atoms with E-state index in [0.717, 1.165) is 11.0 Å². The molecule has 112 valence electrons. The Hall–Kier alpha value is -1.75. The van der Waals surface area contributed by atoms with Crippen LogP contribution >= 0.6 is 23.2 Å². The van der Waals surface area contributed by atoms with Gasteiger partial charge in [0.1, 0.15) is 0 Å². The Balaban J connectivity index is 2.07. The van der Waals surface area contributed by atoms with Crippen molar-refractivity contribution in [2.45, 2.75) is 0 Å². The molecule has 22 heavy (non-hydrogen) atoms. The average Bonchev–Trinajstić information content (AvgIpc) is 2.47. The molecule has 3 nitrogen and oxygen atoms in total. The van der Waals surface area contributed by atoms with Gasteiger partial charge >= 0.3 is 10.1 Å². The van der Waals surface area contributed by atoms with Crippen molar-refractivity contribution in [3.8, 4) is 0 Å². The second-order valence-electron chi connectivity index (χ2n) is 4.67. The van der Waals surface area contributed by atoms with Gasteiger partial charge in [0.25, 0.3) is 0 Å². The molecule has 1 aliphatic rings. The number of hydrogen-bond acceptors (Lipinski definition) is 3. The van der Waals surface area contributed by atoms with Gasteiger partial charge in [0, 0.05) is 21.2 Å². The van der Waals surface area contributed by atoms with E-state index >= 15 is 0 Å². The van der Waals surface area contributed by atoms with Crippen LogP contribution in [0.1, 0.15) is 11.1 Å². The van der Waals surface area contributed by atoms with E-state index in [0.29, 0.717) is 21.2 Å². The van der Waals surface area contributed by atoms with Crippen LogP contribution in [0.2, 0.25) is 10.0 Å². The summed E-state index contributed by atoms with van der Waals surface area (Å²) >= 11 is 11.7. The van der Waals surface area contributed by atoms with Gasteiger partial charge in [-0.05, 0) is 48.0 Å². The fraction of sp³-hybridized carbons (Fsp3) is 0. The molecule has 0 bridgehead atoms. The molecule has 2 aromatic rings. The van der Waals surface area contributed by atoms with Gasteiger partial charge in [-0.1, -0.05) is 35.3 Å². The van der Waals surface area contributed by atoms with Crippen LogP contribution < -0.4 is 0 Å². The van der Waals surface area contributed by atoms with Crippen LogP contribution in [-0.2, 0) is 14.3 Å². The summed E-state index contributed by atoms with van der Waals surface area (Å²) in [6, 6.07) is 13.7. The zero-order valence-electron chi connectivity index (χ0n) is 11.2. The molecule has 0 unspecified atom stereocenters. The largest absolute Gasteiger partial charge is 0.379 e. The van der Waals surface area contributed by atoms with Crippen LogP contribution in [-0.4, -0.2) is 8.42 Å². The van der Waals surface area contributed by atoms with Gasteiger partial charge in [-0.25, -0.2) is 0 Å². The van der Waals surface area contributed by atoms with Crippen LogP contribution in [0.25, 0.3) is 11.3 Å². The summed E-state index contributed by atoms with van der Waals surface area (Å²) in [6.45, 7) is 0. The maximum atomic E-state index is 12.0. The van der Waals surface area contributed by atoms with Crippen LogP contribution in [0.3, 0.4) is 0 Å². The zero-order valence-corrected chi connectivity index (χ0v) is 13.5. The highest BCUT2D eigenvalue weighted by molar-refractivity contribution is 7.90. The van der Waals surface area contributed by atoms with E-state index in [1.54, 1.807) is 54.6 Å². The molecule has 1 heterocycles. The van der Waals surface area contributed by atoms with Gasteiger partial charge < -0.3 is 4.18 Å². The smallest absolute Gasteiger partial charge is 0.332 e. The minimum Gasteiger partial charge on any atom is -0.379 e. The van der Waals surface area contributed by atoms with Gasteiger partial charge in [-0.2, -0.15) is 8.42 Å². The molecule has 0 aliphatic carbocycles. The van der Waals surface area contributed by atoms with E-state index in [2.05, 4.69) is 0 Å². The van der Waals surface area contributed by atoms with Crippen LogP contribution in [0.4, 0.5) is 0 Å². The van der Waals surface area contributed by atoms with Crippen molar-refractivity contribution >= 4 is 44.7 Å². The molecule has 1 aliphatic heterocycles. The Kier molecular flexibility index (Phi) is 4.00. The Bertz CT molecular complexity index is 865. The lowest BCUT2D eigenvalue weighted by Gasteiger charge is -2.15. The molecule has 0 N–H and O–H groups in total. The van der Waals surface area contributed by atoms with Gasteiger partial charge in [0.15, 0.2) is 5.76 Å². The second kappa shape index (κ2) is 5.80. The summed E-state index contributed by atoms with van der Waals surface area (Å²) in [5, 5.41) is 2.24. The number of rotatable bonds is 2. The molecular weight excluding hydrogens is 343 g/mol. The number of allylic oxidation sites excluding steroid dienone is 2. The second-order valence-corrected chi connectivity index (χ2v) is 6.93. The predicted molar refractivity (Wildman–Crippen MR) is 88.9 cm³/mol. The average molecular weight is 353 g/mol. The molecule has 0 spiro atoms. The van der Waals surface area contributed by atoms with E-state index in [1.165, 1.54) is 0 Å². The lowest BCUT2D eigenvalue weighted by atomic mass is 10.0. The Morgan fingerprint density at radius 1 is 0.773 bits per heavy atom. The molecule has 0 saturated heterocycles. The standard InChI is InChI=1S/C16H10Cl2O3S/c17-14-5-1-11(2-6-14)13-9-16(21-22(19,20)10-13)12-3-7-15(18)8-4-12/h1-10H. The Labute approximate surface area is 138 Å². The quantitative estimate of drug-likeness (QED) is 0.733. The summed E-state index contributed by atoms with van der Waals surface area (Å²) in [4.78, 5) is 0. The summed E-state index contributed by atoms with van der Waals surface area (Å²) in [5.41, 5.74) is 1.91. The molecule has 0 amide bonds. The first-order chi connectivity index (χ1) is 10.4. The number of hydrogen-bond donors (Lipinski definition) is 0. The number of halogens is 2. The normalized spacial score (nSPS) is 16.5. The van der Waals surface area contributed by atoms with Gasteiger partial charge in [-0.3, -0.25) is 0 Å². The SMILES string of the molecule is O=S1(=O)C=C(c2ccc(Cl)cc2)C=C(c2ccc(Cl)cc2)O1. The fourth-order valence-corrected chi connectivity index (χ4v) is 3.25. The lowest BCUT2D eigenvalue weighted by molar-refractivity contribution is 0.472. The van der Waals surface area contributed by atoms with E-state index in [4.69, 9.17) is 27.4 Å². The summed E-state index contributed by atoms with van der Waals surface area (Å²) in [7, 11) is -3.79. The Morgan fingerprint density at radius 2 is 1.27 bits per heavy atom. The first kappa shape index (κ1) is 15.2. The van der Waals surface area contributed by atoms with Crippen molar-refractivity contribution in [1.29, 1.82) is 0 Å². The maximum Gasteiger partial charge on any atom is 0.332 e. The van der Waals surface area contributed by atoms with Crippen molar-refractivity contribution in [2.75, 3.05) is 0 Å². The van der Waals surface area contributed by atoms with Gasteiger partial charge in [0.2, 0.25) is 0 Å². The molecular formula is C16H10Cl2O3S. The third kappa shape index (κ3) is 3.35. The number of benzene rings is 2. The molecule has 0 fully saturated rings. The van der Waals surface area contributed by atoms with Crippen molar-refractivity contribution < 1.29 is 12.6 Å². The van der Waals surface area contributed by atoms with E-state index in [1.807, 2.05) is 0 Å². The topological polar surface area (TPSA) is 43.4 Å². The highest BCUT2D eigenvalue weighted by atomic mass is 35.5. The molecule has 6 heteroatoms. The third-order valence-electron chi connectivity index (χ3n) is 3.07. The van der Waals surface area contributed by atoms with Gasteiger partial charge in [-0.15, -0.1) is 0 Å². The highest BCUT2D eigenvalue weighted by Gasteiger charge is 2.21. The molecule has 0 aromatic heterocycles.